The summed E-state index contributed by atoms with van der Waals surface area (Å²) >= 11 is 5.13. The van der Waals surface area contributed by atoms with E-state index in [0.717, 1.165) is 27.8 Å². The van der Waals surface area contributed by atoms with Crippen LogP contribution in [0.3, 0.4) is 0 Å². The second-order valence-electron chi connectivity index (χ2n) is 6.83. The maximum Gasteiger partial charge on any atom is 0.258 e. The molecule has 4 nitrogen and oxygen atoms in total. The molecule has 0 saturated heterocycles. The van der Waals surface area contributed by atoms with Crippen LogP contribution in [0.25, 0.3) is 21.9 Å². The zero-order valence-corrected chi connectivity index (χ0v) is 15.8. The third-order valence-electron chi connectivity index (χ3n) is 4.47. The van der Waals surface area contributed by atoms with Gasteiger partial charge >= 0.3 is 0 Å². The summed E-state index contributed by atoms with van der Waals surface area (Å²) in [5.74, 6) is 0.329. The third-order valence-corrected chi connectivity index (χ3v) is 4.70. The van der Waals surface area contributed by atoms with Crippen molar-refractivity contribution < 1.29 is 0 Å². The van der Waals surface area contributed by atoms with E-state index < -0.39 is 0 Å². The molecule has 0 aliphatic heterocycles. The first-order valence-electron chi connectivity index (χ1n) is 8.68. The molecule has 134 valence electrons. The second-order valence-corrected chi connectivity index (χ2v) is 7.27. The number of fused-ring (bicyclic) bond motifs is 1. The van der Waals surface area contributed by atoms with Gasteiger partial charge in [-0.2, -0.15) is 0 Å². The Balaban J connectivity index is 2.49. The van der Waals surface area contributed by atoms with Crippen molar-refractivity contribution in [2.45, 2.75) is 26.9 Å². The van der Waals surface area contributed by atoms with Gasteiger partial charge in [-0.25, -0.2) is 0 Å². The van der Waals surface area contributed by atoms with Gasteiger partial charge in [0.05, 0.1) is 0 Å². The van der Waals surface area contributed by atoms with Crippen LogP contribution < -0.4 is 17.0 Å². The molecule has 2 aromatic carbocycles. The molecule has 0 bridgehead atoms. The molecule has 0 aliphatic rings. The van der Waals surface area contributed by atoms with Crippen molar-refractivity contribution in [1.29, 1.82) is 0 Å². The van der Waals surface area contributed by atoms with Gasteiger partial charge in [0, 0.05) is 35.3 Å². The zero-order chi connectivity index (χ0) is 18.8. The summed E-state index contributed by atoms with van der Waals surface area (Å²) < 4.78 is 1.82. The summed E-state index contributed by atoms with van der Waals surface area (Å²) in [4.78, 5) is 13.5. The predicted octanol–water partition coefficient (Wildman–Crippen LogP) is 3.42. The molecule has 3 aromatic rings. The van der Waals surface area contributed by atoms with Gasteiger partial charge in [-0.05, 0) is 29.0 Å². The summed E-state index contributed by atoms with van der Waals surface area (Å²) in [7, 11) is 0. The fourth-order valence-electron chi connectivity index (χ4n) is 3.35. The standard InChI is InChI=1S/C21H23N3OS/c1-13(2)12-24-18(11-22)19(14-6-4-3-5-7-14)17-10-15(20(23)26)8-9-16(17)21(24)25/h3-10,13H,11-12,22H2,1-2H3,(H2,23,26). The predicted molar refractivity (Wildman–Crippen MR) is 112 cm³/mol. The Morgan fingerprint density at radius 3 is 2.38 bits per heavy atom. The molecule has 0 amide bonds. The maximum absolute atomic E-state index is 13.2. The van der Waals surface area contributed by atoms with Crippen molar-refractivity contribution in [2.24, 2.45) is 17.4 Å². The van der Waals surface area contributed by atoms with Crippen LogP contribution in [0.1, 0.15) is 25.1 Å². The third kappa shape index (κ3) is 3.28. The van der Waals surface area contributed by atoms with Crippen molar-refractivity contribution in [2.75, 3.05) is 0 Å². The van der Waals surface area contributed by atoms with E-state index in [9.17, 15) is 4.79 Å². The van der Waals surface area contributed by atoms with Crippen LogP contribution in [0.4, 0.5) is 0 Å². The van der Waals surface area contributed by atoms with Crippen LogP contribution >= 0.6 is 12.2 Å². The topological polar surface area (TPSA) is 74.0 Å². The normalized spacial score (nSPS) is 11.2. The summed E-state index contributed by atoms with van der Waals surface area (Å²) in [5, 5.41) is 1.49. The van der Waals surface area contributed by atoms with E-state index in [1.54, 1.807) is 0 Å². The van der Waals surface area contributed by atoms with Crippen LogP contribution in [-0.4, -0.2) is 9.56 Å². The molecule has 1 heterocycles. The molecular weight excluding hydrogens is 342 g/mol. The smallest absolute Gasteiger partial charge is 0.258 e. The first kappa shape index (κ1) is 18.3. The van der Waals surface area contributed by atoms with Crippen LogP contribution in [0.2, 0.25) is 0 Å². The lowest BCUT2D eigenvalue weighted by atomic mass is 9.95. The van der Waals surface area contributed by atoms with Crippen molar-refractivity contribution in [3.8, 4) is 11.1 Å². The molecule has 0 fully saturated rings. The Hall–Kier alpha value is -2.50. The highest BCUT2D eigenvalue weighted by Gasteiger charge is 2.18. The summed E-state index contributed by atoms with van der Waals surface area (Å²) in [5.41, 5.74) is 15.5. The first-order valence-corrected chi connectivity index (χ1v) is 9.09. The van der Waals surface area contributed by atoms with Gasteiger partial charge in [0.2, 0.25) is 0 Å². The average Bonchev–Trinajstić information content (AvgIpc) is 2.63. The molecule has 4 N–H and O–H groups in total. The van der Waals surface area contributed by atoms with Gasteiger partial charge in [0.1, 0.15) is 4.99 Å². The fourth-order valence-corrected chi connectivity index (χ4v) is 3.47. The molecule has 0 unspecified atom stereocenters. The van der Waals surface area contributed by atoms with E-state index in [-0.39, 0.29) is 12.1 Å². The van der Waals surface area contributed by atoms with E-state index in [0.29, 0.717) is 22.8 Å². The fraction of sp³-hybridized carbons (Fsp3) is 0.238. The van der Waals surface area contributed by atoms with E-state index >= 15 is 0 Å². The molecule has 0 aliphatic carbocycles. The van der Waals surface area contributed by atoms with Crippen LogP contribution in [0, 0.1) is 5.92 Å². The number of pyridine rings is 1. The lowest BCUT2D eigenvalue weighted by Crippen LogP contribution is -2.28. The summed E-state index contributed by atoms with van der Waals surface area (Å²) in [6.07, 6.45) is 0. The van der Waals surface area contributed by atoms with Gasteiger partial charge < -0.3 is 16.0 Å². The zero-order valence-electron chi connectivity index (χ0n) is 15.0. The van der Waals surface area contributed by atoms with Gasteiger partial charge in [-0.15, -0.1) is 0 Å². The average molecular weight is 366 g/mol. The van der Waals surface area contributed by atoms with E-state index in [1.807, 2.05) is 53.1 Å². The Morgan fingerprint density at radius 1 is 1.12 bits per heavy atom. The van der Waals surface area contributed by atoms with Crippen LogP contribution in [-0.2, 0) is 13.1 Å². The van der Waals surface area contributed by atoms with Crippen LogP contribution in [0.15, 0.2) is 53.3 Å². The quantitative estimate of drug-likeness (QED) is 0.680. The minimum absolute atomic E-state index is 0.0247. The van der Waals surface area contributed by atoms with E-state index in [1.165, 1.54) is 0 Å². The highest BCUT2D eigenvalue weighted by atomic mass is 32.1. The molecule has 5 heteroatoms. The Bertz CT molecular complexity index is 1020. The van der Waals surface area contributed by atoms with E-state index in [2.05, 4.69) is 13.8 Å². The molecule has 1 aromatic heterocycles. The molecular formula is C21H23N3OS. The Labute approximate surface area is 158 Å². The highest BCUT2D eigenvalue weighted by molar-refractivity contribution is 7.80. The van der Waals surface area contributed by atoms with Crippen LogP contribution in [0.5, 0.6) is 0 Å². The van der Waals surface area contributed by atoms with Gasteiger partial charge in [-0.3, -0.25) is 4.79 Å². The first-order chi connectivity index (χ1) is 12.4. The monoisotopic (exact) mass is 365 g/mol. The maximum atomic E-state index is 13.2. The molecule has 0 atom stereocenters. The van der Waals surface area contributed by atoms with Gasteiger partial charge in [0.15, 0.2) is 0 Å². The number of nitrogens with two attached hydrogens (primary N) is 2. The lowest BCUT2D eigenvalue weighted by Gasteiger charge is -2.21. The van der Waals surface area contributed by atoms with Crippen molar-refractivity contribution in [3.63, 3.8) is 0 Å². The molecule has 0 radical (unpaired) electrons. The van der Waals surface area contributed by atoms with Gasteiger partial charge in [-0.1, -0.05) is 62.5 Å². The molecule has 0 spiro atoms. The minimum Gasteiger partial charge on any atom is -0.389 e. The Morgan fingerprint density at radius 2 is 1.81 bits per heavy atom. The van der Waals surface area contributed by atoms with Crippen molar-refractivity contribution in [1.82, 2.24) is 4.57 Å². The van der Waals surface area contributed by atoms with Gasteiger partial charge in [0.25, 0.3) is 5.56 Å². The van der Waals surface area contributed by atoms with Crippen molar-refractivity contribution >= 4 is 28.0 Å². The lowest BCUT2D eigenvalue weighted by molar-refractivity contribution is 0.499. The largest absolute Gasteiger partial charge is 0.389 e. The minimum atomic E-state index is -0.0247. The number of aromatic nitrogens is 1. The number of hydrogen-bond acceptors (Lipinski definition) is 3. The highest BCUT2D eigenvalue weighted by Crippen LogP contribution is 2.31. The van der Waals surface area contributed by atoms with Crippen molar-refractivity contribution in [3.05, 3.63) is 70.1 Å². The summed E-state index contributed by atoms with van der Waals surface area (Å²) in [6, 6.07) is 15.5. The molecule has 3 rings (SSSR count). The number of hydrogen-bond donors (Lipinski definition) is 2. The van der Waals surface area contributed by atoms with E-state index in [4.69, 9.17) is 23.7 Å². The number of thiocarbonyl (C=S) groups is 1. The summed E-state index contributed by atoms with van der Waals surface area (Å²) in [6.45, 7) is 5.09. The number of rotatable bonds is 5. The molecule has 0 saturated carbocycles. The second kappa shape index (κ2) is 7.40. The number of benzene rings is 2. The number of nitrogens with zero attached hydrogens (tertiary/aromatic N) is 1. The SMILES string of the molecule is CC(C)Cn1c(CN)c(-c2ccccc2)c2cc(C(N)=S)ccc2c1=O. The molecule has 26 heavy (non-hydrogen) atoms. The Kier molecular flexibility index (Phi) is 5.20.